The van der Waals surface area contributed by atoms with E-state index in [-0.39, 0.29) is 5.91 Å². The van der Waals surface area contributed by atoms with Gasteiger partial charge in [-0.1, -0.05) is 0 Å². The SMILES string of the molecule is CCn1nc(C)cc1C(=O)N1CCCC1C1CCCN1. The van der Waals surface area contributed by atoms with Crippen LogP contribution < -0.4 is 5.32 Å². The van der Waals surface area contributed by atoms with Crippen LogP contribution in [-0.4, -0.2) is 45.8 Å². The maximum atomic E-state index is 12.8. The quantitative estimate of drug-likeness (QED) is 0.911. The molecule has 0 radical (unpaired) electrons. The van der Waals surface area contributed by atoms with Crippen molar-refractivity contribution in [2.45, 2.75) is 58.2 Å². The van der Waals surface area contributed by atoms with Crippen LogP contribution >= 0.6 is 0 Å². The summed E-state index contributed by atoms with van der Waals surface area (Å²) < 4.78 is 1.83. The molecule has 5 heteroatoms. The van der Waals surface area contributed by atoms with Crippen molar-refractivity contribution >= 4 is 5.91 Å². The van der Waals surface area contributed by atoms with E-state index in [1.54, 1.807) is 0 Å². The average molecular weight is 276 g/mol. The highest BCUT2D eigenvalue weighted by atomic mass is 16.2. The molecule has 0 spiro atoms. The summed E-state index contributed by atoms with van der Waals surface area (Å²) in [6.07, 6.45) is 4.67. The van der Waals surface area contributed by atoms with Crippen LogP contribution in [0.15, 0.2) is 6.07 Å². The molecule has 0 aliphatic carbocycles. The fraction of sp³-hybridized carbons (Fsp3) is 0.733. The van der Waals surface area contributed by atoms with Gasteiger partial charge in [0.25, 0.3) is 5.91 Å². The topological polar surface area (TPSA) is 50.2 Å². The third kappa shape index (κ3) is 2.35. The predicted molar refractivity (Wildman–Crippen MR) is 77.7 cm³/mol. The molecule has 2 unspecified atom stereocenters. The molecule has 2 fully saturated rings. The molecule has 110 valence electrons. The largest absolute Gasteiger partial charge is 0.333 e. The Bertz CT molecular complexity index is 490. The molecular formula is C15H24N4O. The van der Waals surface area contributed by atoms with E-state index in [4.69, 9.17) is 0 Å². The van der Waals surface area contributed by atoms with Crippen LogP contribution in [0.3, 0.4) is 0 Å². The first-order valence-corrected chi connectivity index (χ1v) is 7.79. The van der Waals surface area contributed by atoms with Gasteiger partial charge < -0.3 is 10.2 Å². The fourth-order valence-electron chi connectivity index (χ4n) is 3.61. The lowest BCUT2D eigenvalue weighted by atomic mass is 10.0. The second kappa shape index (κ2) is 5.56. The summed E-state index contributed by atoms with van der Waals surface area (Å²) in [6, 6.07) is 2.77. The van der Waals surface area contributed by atoms with Crippen molar-refractivity contribution < 1.29 is 4.79 Å². The van der Waals surface area contributed by atoms with Gasteiger partial charge in [0.2, 0.25) is 0 Å². The molecule has 2 atom stereocenters. The number of nitrogens with zero attached hydrogens (tertiary/aromatic N) is 3. The molecule has 3 heterocycles. The molecule has 1 aromatic heterocycles. The zero-order valence-electron chi connectivity index (χ0n) is 12.4. The van der Waals surface area contributed by atoms with Gasteiger partial charge in [0, 0.05) is 25.2 Å². The van der Waals surface area contributed by atoms with E-state index in [2.05, 4.69) is 15.3 Å². The van der Waals surface area contributed by atoms with Gasteiger partial charge in [-0.05, 0) is 52.1 Å². The summed E-state index contributed by atoms with van der Waals surface area (Å²) in [7, 11) is 0. The lowest BCUT2D eigenvalue weighted by Crippen LogP contribution is -2.47. The Kier molecular flexibility index (Phi) is 3.78. The molecule has 2 aliphatic heterocycles. The smallest absolute Gasteiger partial charge is 0.272 e. The Labute approximate surface area is 120 Å². The van der Waals surface area contributed by atoms with Gasteiger partial charge in [-0.15, -0.1) is 0 Å². The number of carbonyl (C=O) groups is 1. The van der Waals surface area contributed by atoms with E-state index < -0.39 is 0 Å². The van der Waals surface area contributed by atoms with Gasteiger partial charge in [0.15, 0.2) is 0 Å². The number of aryl methyl sites for hydroxylation is 2. The van der Waals surface area contributed by atoms with E-state index in [1.165, 1.54) is 12.8 Å². The molecule has 2 aliphatic rings. The molecule has 1 amide bonds. The van der Waals surface area contributed by atoms with E-state index in [0.29, 0.717) is 12.1 Å². The molecular weight excluding hydrogens is 252 g/mol. The normalized spacial score (nSPS) is 26.4. The molecule has 3 rings (SSSR count). The van der Waals surface area contributed by atoms with Crippen molar-refractivity contribution in [1.82, 2.24) is 20.0 Å². The first-order chi connectivity index (χ1) is 9.70. The van der Waals surface area contributed by atoms with Crippen molar-refractivity contribution in [1.29, 1.82) is 0 Å². The van der Waals surface area contributed by atoms with Gasteiger partial charge >= 0.3 is 0 Å². The average Bonchev–Trinajstić information content (AvgIpc) is 3.16. The maximum Gasteiger partial charge on any atom is 0.272 e. The zero-order valence-corrected chi connectivity index (χ0v) is 12.4. The van der Waals surface area contributed by atoms with E-state index in [1.807, 2.05) is 24.6 Å². The minimum Gasteiger partial charge on any atom is -0.333 e. The molecule has 5 nitrogen and oxygen atoms in total. The first-order valence-electron chi connectivity index (χ1n) is 7.79. The van der Waals surface area contributed by atoms with Crippen molar-refractivity contribution in [3.63, 3.8) is 0 Å². The Hall–Kier alpha value is -1.36. The Morgan fingerprint density at radius 2 is 2.30 bits per heavy atom. The third-order valence-corrected chi connectivity index (χ3v) is 4.54. The predicted octanol–water partition coefficient (Wildman–Crippen LogP) is 1.57. The number of likely N-dealkylation sites (tertiary alicyclic amines) is 1. The standard InChI is InChI=1S/C15H24N4O/c1-3-19-14(10-11(2)17-19)15(20)18-9-5-7-13(18)12-6-4-8-16-12/h10,12-13,16H,3-9H2,1-2H3. The molecule has 1 aromatic rings. The summed E-state index contributed by atoms with van der Waals surface area (Å²) in [5, 5.41) is 7.95. The van der Waals surface area contributed by atoms with E-state index in [9.17, 15) is 4.79 Å². The summed E-state index contributed by atoms with van der Waals surface area (Å²) >= 11 is 0. The number of carbonyl (C=O) groups excluding carboxylic acids is 1. The molecule has 0 aromatic carbocycles. The number of nitrogens with one attached hydrogen (secondary N) is 1. The van der Waals surface area contributed by atoms with Gasteiger partial charge in [0.1, 0.15) is 5.69 Å². The highest BCUT2D eigenvalue weighted by Gasteiger charge is 2.37. The molecule has 2 saturated heterocycles. The van der Waals surface area contributed by atoms with Gasteiger partial charge in [-0.25, -0.2) is 0 Å². The van der Waals surface area contributed by atoms with E-state index >= 15 is 0 Å². The summed E-state index contributed by atoms with van der Waals surface area (Å²) in [5.41, 5.74) is 1.67. The Morgan fingerprint density at radius 1 is 1.45 bits per heavy atom. The van der Waals surface area contributed by atoms with Gasteiger partial charge in [-0.2, -0.15) is 5.10 Å². The number of hydrogen-bond donors (Lipinski definition) is 1. The molecule has 20 heavy (non-hydrogen) atoms. The number of hydrogen-bond acceptors (Lipinski definition) is 3. The fourth-order valence-corrected chi connectivity index (χ4v) is 3.61. The minimum atomic E-state index is 0.156. The van der Waals surface area contributed by atoms with Gasteiger partial charge in [-0.3, -0.25) is 9.48 Å². The first kappa shape index (κ1) is 13.6. The highest BCUT2D eigenvalue weighted by molar-refractivity contribution is 5.93. The molecule has 0 saturated carbocycles. The van der Waals surface area contributed by atoms with Crippen LogP contribution in [0.25, 0.3) is 0 Å². The van der Waals surface area contributed by atoms with Crippen LogP contribution in [-0.2, 0) is 6.54 Å². The lowest BCUT2D eigenvalue weighted by molar-refractivity contribution is 0.0698. The second-order valence-corrected chi connectivity index (χ2v) is 5.90. The summed E-state index contributed by atoms with van der Waals surface area (Å²) in [6.45, 7) is 6.70. The molecule has 1 N–H and O–H groups in total. The van der Waals surface area contributed by atoms with Crippen LogP contribution in [0.1, 0.15) is 48.8 Å². The maximum absolute atomic E-state index is 12.8. The van der Waals surface area contributed by atoms with Crippen molar-refractivity contribution in [2.75, 3.05) is 13.1 Å². The monoisotopic (exact) mass is 276 g/mol. The number of amides is 1. The minimum absolute atomic E-state index is 0.156. The van der Waals surface area contributed by atoms with Gasteiger partial charge in [0.05, 0.1) is 5.69 Å². The second-order valence-electron chi connectivity index (χ2n) is 5.90. The summed E-state index contributed by atoms with van der Waals surface area (Å²) in [5.74, 6) is 0.156. The Morgan fingerprint density at radius 3 is 3.00 bits per heavy atom. The third-order valence-electron chi connectivity index (χ3n) is 4.54. The van der Waals surface area contributed by atoms with E-state index in [0.717, 1.165) is 43.9 Å². The van der Waals surface area contributed by atoms with Crippen molar-refractivity contribution in [2.24, 2.45) is 0 Å². The number of aromatic nitrogens is 2. The van der Waals surface area contributed by atoms with Crippen LogP contribution in [0, 0.1) is 6.92 Å². The zero-order chi connectivity index (χ0) is 14.1. The van der Waals surface area contributed by atoms with Crippen LogP contribution in [0.4, 0.5) is 0 Å². The van der Waals surface area contributed by atoms with Crippen LogP contribution in [0.5, 0.6) is 0 Å². The van der Waals surface area contributed by atoms with Crippen molar-refractivity contribution in [3.8, 4) is 0 Å². The highest BCUT2D eigenvalue weighted by Crippen LogP contribution is 2.26. The van der Waals surface area contributed by atoms with Crippen molar-refractivity contribution in [3.05, 3.63) is 17.5 Å². The lowest BCUT2D eigenvalue weighted by Gasteiger charge is -2.29. The Balaban J connectivity index is 1.81. The van der Waals surface area contributed by atoms with Crippen LogP contribution in [0.2, 0.25) is 0 Å². The number of rotatable bonds is 3. The molecule has 0 bridgehead atoms. The summed E-state index contributed by atoms with van der Waals surface area (Å²) in [4.78, 5) is 14.9.